The van der Waals surface area contributed by atoms with Gasteiger partial charge in [-0.25, -0.2) is 0 Å². The summed E-state index contributed by atoms with van der Waals surface area (Å²) in [6.07, 6.45) is 0. The molecule has 1 heterocycles. The highest BCUT2D eigenvalue weighted by Crippen LogP contribution is 2.24. The number of anilines is 1. The van der Waals surface area contributed by atoms with Gasteiger partial charge in [-0.2, -0.15) is 5.26 Å². The van der Waals surface area contributed by atoms with Crippen LogP contribution in [0.15, 0.2) is 18.2 Å². The number of carbonyl (C=O) groups excluding carboxylic acids is 2. The Hall–Kier alpha value is -2.35. The molecule has 1 fully saturated rings. The van der Waals surface area contributed by atoms with Gasteiger partial charge in [-0.05, 0) is 31.0 Å². The highest BCUT2D eigenvalue weighted by Gasteiger charge is 2.31. The molecule has 0 N–H and O–H groups in total. The predicted molar refractivity (Wildman–Crippen MR) is 70.5 cm³/mol. The molecule has 98 valence electrons. The minimum Gasteiger partial charge on any atom is -0.353 e. The molecule has 0 radical (unpaired) electrons. The lowest BCUT2D eigenvalue weighted by atomic mass is 10.1. The highest BCUT2D eigenvalue weighted by molar-refractivity contribution is 6.03. The van der Waals surface area contributed by atoms with Crippen LogP contribution < -0.4 is 4.90 Å². The monoisotopic (exact) mass is 257 g/mol. The van der Waals surface area contributed by atoms with E-state index >= 15 is 0 Å². The SMILES string of the molecule is Cc1cccc(N2CC(=O)N(CC#N)C(=O)C2)c1C. The minimum absolute atomic E-state index is 0.137. The summed E-state index contributed by atoms with van der Waals surface area (Å²) in [5, 5.41) is 8.61. The van der Waals surface area contributed by atoms with E-state index in [1.807, 2.05) is 38.1 Å². The number of rotatable bonds is 2. The van der Waals surface area contributed by atoms with Gasteiger partial charge < -0.3 is 4.90 Å². The van der Waals surface area contributed by atoms with Crippen molar-refractivity contribution < 1.29 is 9.59 Å². The Bertz CT molecular complexity index is 557. The second-order valence-corrected chi connectivity index (χ2v) is 4.61. The average molecular weight is 257 g/mol. The van der Waals surface area contributed by atoms with E-state index < -0.39 is 0 Å². The molecule has 2 amide bonds. The second kappa shape index (κ2) is 5.11. The number of nitrogens with zero attached hydrogens (tertiary/aromatic N) is 3. The van der Waals surface area contributed by atoms with E-state index in [2.05, 4.69) is 0 Å². The van der Waals surface area contributed by atoms with Crippen molar-refractivity contribution >= 4 is 17.5 Å². The minimum atomic E-state index is -0.321. The summed E-state index contributed by atoms with van der Waals surface area (Å²) in [5.74, 6) is -0.641. The van der Waals surface area contributed by atoms with Crippen LogP contribution in [0.3, 0.4) is 0 Å². The molecule has 1 aliphatic heterocycles. The zero-order chi connectivity index (χ0) is 14.0. The van der Waals surface area contributed by atoms with Gasteiger partial charge in [0.25, 0.3) is 0 Å². The van der Waals surface area contributed by atoms with Gasteiger partial charge in [-0.3, -0.25) is 14.5 Å². The van der Waals surface area contributed by atoms with Crippen molar-refractivity contribution in [1.29, 1.82) is 5.26 Å². The van der Waals surface area contributed by atoms with Crippen molar-refractivity contribution in [3.05, 3.63) is 29.3 Å². The van der Waals surface area contributed by atoms with Gasteiger partial charge >= 0.3 is 0 Å². The molecule has 1 aromatic rings. The van der Waals surface area contributed by atoms with Crippen LogP contribution in [0.2, 0.25) is 0 Å². The van der Waals surface area contributed by atoms with Crippen LogP contribution in [-0.2, 0) is 9.59 Å². The van der Waals surface area contributed by atoms with Crippen LogP contribution in [0.25, 0.3) is 0 Å². The van der Waals surface area contributed by atoms with Gasteiger partial charge in [-0.15, -0.1) is 0 Å². The predicted octanol–water partition coefficient (Wildman–Crippen LogP) is 1.00. The number of benzene rings is 1. The summed E-state index contributed by atoms with van der Waals surface area (Å²) in [4.78, 5) is 26.6. The lowest BCUT2D eigenvalue weighted by Crippen LogP contribution is -2.54. The molecule has 1 saturated heterocycles. The molecule has 1 aliphatic rings. The number of nitriles is 1. The topological polar surface area (TPSA) is 64.4 Å². The normalized spacial score (nSPS) is 15.6. The van der Waals surface area contributed by atoms with Crippen molar-refractivity contribution in [3.63, 3.8) is 0 Å². The largest absolute Gasteiger partial charge is 0.353 e. The Kier molecular flexibility index (Phi) is 3.52. The van der Waals surface area contributed by atoms with Crippen molar-refractivity contribution in [3.8, 4) is 6.07 Å². The van der Waals surface area contributed by atoms with Crippen LogP contribution in [0.5, 0.6) is 0 Å². The van der Waals surface area contributed by atoms with Crippen LogP contribution in [-0.4, -0.2) is 36.3 Å². The summed E-state index contributed by atoms with van der Waals surface area (Å²) in [7, 11) is 0. The zero-order valence-electron chi connectivity index (χ0n) is 11.0. The van der Waals surface area contributed by atoms with E-state index in [0.29, 0.717) is 0 Å². The van der Waals surface area contributed by atoms with Crippen LogP contribution in [0, 0.1) is 25.2 Å². The first-order valence-corrected chi connectivity index (χ1v) is 6.06. The third kappa shape index (κ3) is 2.43. The maximum Gasteiger partial charge on any atom is 0.249 e. The summed E-state index contributed by atoms with van der Waals surface area (Å²) < 4.78 is 0. The maximum atomic E-state index is 11.9. The highest BCUT2D eigenvalue weighted by atomic mass is 16.2. The van der Waals surface area contributed by atoms with E-state index in [1.165, 1.54) is 0 Å². The molecule has 0 spiro atoms. The first-order valence-electron chi connectivity index (χ1n) is 6.06. The number of aryl methyl sites for hydroxylation is 1. The molecule has 0 aliphatic carbocycles. The van der Waals surface area contributed by atoms with Gasteiger partial charge in [0, 0.05) is 5.69 Å². The second-order valence-electron chi connectivity index (χ2n) is 4.61. The zero-order valence-corrected chi connectivity index (χ0v) is 11.0. The summed E-state index contributed by atoms with van der Waals surface area (Å²) in [6.45, 7) is 4.07. The third-order valence-corrected chi connectivity index (χ3v) is 3.40. The quantitative estimate of drug-likeness (QED) is 0.585. The fraction of sp³-hybridized carbons (Fsp3) is 0.357. The average Bonchev–Trinajstić information content (AvgIpc) is 2.37. The summed E-state index contributed by atoms with van der Waals surface area (Å²) in [5.41, 5.74) is 3.09. The summed E-state index contributed by atoms with van der Waals surface area (Å²) in [6, 6.07) is 7.65. The van der Waals surface area contributed by atoms with Gasteiger partial charge in [0.15, 0.2) is 0 Å². The van der Waals surface area contributed by atoms with E-state index in [0.717, 1.165) is 21.7 Å². The van der Waals surface area contributed by atoms with Crippen molar-refractivity contribution in [2.45, 2.75) is 13.8 Å². The van der Waals surface area contributed by atoms with Crippen LogP contribution in [0.4, 0.5) is 5.69 Å². The number of imide groups is 1. The maximum absolute atomic E-state index is 11.9. The number of carbonyl (C=O) groups is 2. The molecule has 1 aromatic carbocycles. The Balaban J connectivity index is 2.26. The Morgan fingerprint density at radius 3 is 2.42 bits per heavy atom. The molecule has 5 heteroatoms. The van der Waals surface area contributed by atoms with Gasteiger partial charge in [0.1, 0.15) is 6.54 Å². The molecule has 0 atom stereocenters. The van der Waals surface area contributed by atoms with Gasteiger partial charge in [-0.1, -0.05) is 12.1 Å². The van der Waals surface area contributed by atoms with Crippen LogP contribution in [0.1, 0.15) is 11.1 Å². The fourth-order valence-electron chi connectivity index (χ4n) is 2.19. The standard InChI is InChI=1S/C14H15N3O2/c1-10-4-3-5-12(11(10)2)16-8-13(18)17(7-6-15)14(19)9-16/h3-5H,7-9H2,1-2H3. The Morgan fingerprint density at radius 1 is 1.21 bits per heavy atom. The van der Waals surface area contributed by atoms with Gasteiger partial charge in [0.2, 0.25) is 11.8 Å². The Morgan fingerprint density at radius 2 is 1.84 bits per heavy atom. The van der Waals surface area contributed by atoms with Crippen LogP contribution >= 0.6 is 0 Å². The number of hydrogen-bond acceptors (Lipinski definition) is 4. The third-order valence-electron chi connectivity index (χ3n) is 3.40. The number of amides is 2. The van der Waals surface area contributed by atoms with Crippen molar-refractivity contribution in [1.82, 2.24) is 4.90 Å². The molecule has 0 aromatic heterocycles. The van der Waals surface area contributed by atoms with E-state index in [4.69, 9.17) is 5.26 Å². The summed E-state index contributed by atoms with van der Waals surface area (Å²) >= 11 is 0. The molecular formula is C14H15N3O2. The first kappa shape index (κ1) is 13.1. The first-order chi connectivity index (χ1) is 9.04. The van der Waals surface area contributed by atoms with Crippen molar-refractivity contribution in [2.24, 2.45) is 0 Å². The fourth-order valence-corrected chi connectivity index (χ4v) is 2.19. The molecule has 5 nitrogen and oxygen atoms in total. The van der Waals surface area contributed by atoms with E-state index in [1.54, 1.807) is 4.90 Å². The van der Waals surface area contributed by atoms with E-state index in [9.17, 15) is 9.59 Å². The molecule has 0 unspecified atom stereocenters. The molecule has 0 bridgehead atoms. The molecule has 0 saturated carbocycles. The van der Waals surface area contributed by atoms with Gasteiger partial charge in [0.05, 0.1) is 19.2 Å². The molecule has 19 heavy (non-hydrogen) atoms. The Labute approximate surface area is 112 Å². The number of piperazine rings is 1. The molecule has 2 rings (SSSR count). The van der Waals surface area contributed by atoms with E-state index in [-0.39, 0.29) is 31.4 Å². The lowest BCUT2D eigenvalue weighted by molar-refractivity contribution is -0.144. The smallest absolute Gasteiger partial charge is 0.249 e. The number of hydrogen-bond donors (Lipinski definition) is 0. The lowest BCUT2D eigenvalue weighted by Gasteiger charge is -2.33. The molecular weight excluding hydrogens is 242 g/mol. The van der Waals surface area contributed by atoms with Crippen molar-refractivity contribution in [2.75, 3.05) is 24.5 Å².